The highest BCUT2D eigenvalue weighted by molar-refractivity contribution is 5.47. The Morgan fingerprint density at radius 1 is 1.03 bits per heavy atom. The van der Waals surface area contributed by atoms with Crippen LogP contribution in [0, 0.1) is 0 Å². The van der Waals surface area contributed by atoms with Crippen LogP contribution in [0.1, 0.15) is 19.4 Å². The number of benzene rings is 2. The van der Waals surface area contributed by atoms with Gasteiger partial charge in [0.15, 0.2) is 12.1 Å². The van der Waals surface area contributed by atoms with Gasteiger partial charge in [0.05, 0.1) is 19.8 Å². The maximum absolute atomic E-state index is 6.27. The lowest BCUT2D eigenvalue weighted by Crippen LogP contribution is -2.47. The van der Waals surface area contributed by atoms with Crippen LogP contribution >= 0.6 is 0 Å². The molecule has 2 heterocycles. The molecule has 5 atom stereocenters. The van der Waals surface area contributed by atoms with Gasteiger partial charge in [-0.25, -0.2) is 0 Å². The molecule has 3 N–H and O–H groups in total. The minimum atomic E-state index is -0.703. The van der Waals surface area contributed by atoms with Crippen LogP contribution in [-0.2, 0) is 25.6 Å². The predicted octanol–water partition coefficient (Wildman–Crippen LogP) is 2.90. The highest BCUT2D eigenvalue weighted by Crippen LogP contribution is 2.40. The van der Waals surface area contributed by atoms with Gasteiger partial charge in [-0.15, -0.1) is 0 Å². The molecule has 0 aromatic heterocycles. The Balaban J connectivity index is 1.47. The molecular weight excluding hydrogens is 384 g/mol. The van der Waals surface area contributed by atoms with Gasteiger partial charge < -0.3 is 34.7 Å². The molecule has 7 nitrogen and oxygen atoms in total. The Bertz CT molecular complexity index is 814. The number of fused-ring (bicyclic) bond motifs is 1. The average molecular weight is 415 g/mol. The molecular formula is C23H30N2O5. The molecule has 0 aliphatic carbocycles. The van der Waals surface area contributed by atoms with E-state index in [1.165, 1.54) is 0 Å². The second kappa shape index (κ2) is 8.91. The molecule has 0 radical (unpaired) electrons. The van der Waals surface area contributed by atoms with Gasteiger partial charge in [-0.05, 0) is 43.7 Å². The molecule has 2 saturated heterocycles. The zero-order chi connectivity index (χ0) is 21.1. The maximum Gasteiger partial charge on any atom is 0.187 e. The molecule has 4 rings (SSSR count). The van der Waals surface area contributed by atoms with Gasteiger partial charge in [0.2, 0.25) is 0 Å². The minimum Gasteiger partial charge on any atom is -0.497 e. The van der Waals surface area contributed by atoms with Crippen LogP contribution in [0.2, 0.25) is 0 Å². The molecule has 7 heteroatoms. The summed E-state index contributed by atoms with van der Waals surface area (Å²) in [6.07, 6.45) is -1.45. The van der Waals surface area contributed by atoms with Crippen molar-refractivity contribution in [1.29, 1.82) is 0 Å². The van der Waals surface area contributed by atoms with E-state index in [1.54, 1.807) is 7.11 Å². The largest absolute Gasteiger partial charge is 0.497 e. The number of nitrogens with one attached hydrogen (secondary N) is 1. The van der Waals surface area contributed by atoms with E-state index in [0.717, 1.165) is 17.0 Å². The predicted molar refractivity (Wildman–Crippen MR) is 113 cm³/mol. The van der Waals surface area contributed by atoms with Gasteiger partial charge in [-0.3, -0.25) is 0 Å². The summed E-state index contributed by atoms with van der Waals surface area (Å²) in [5, 5.41) is 3.46. The molecule has 0 bridgehead atoms. The van der Waals surface area contributed by atoms with Gasteiger partial charge in [0, 0.05) is 12.2 Å². The van der Waals surface area contributed by atoms with E-state index >= 15 is 0 Å². The van der Waals surface area contributed by atoms with Crippen molar-refractivity contribution in [1.82, 2.24) is 0 Å². The lowest BCUT2D eigenvalue weighted by atomic mass is 10.0. The molecule has 0 unspecified atom stereocenters. The Morgan fingerprint density at radius 2 is 1.73 bits per heavy atom. The minimum absolute atomic E-state index is 0.172. The number of hydrogen-bond acceptors (Lipinski definition) is 7. The molecule has 2 aromatic rings. The highest BCUT2D eigenvalue weighted by atomic mass is 16.8. The smallest absolute Gasteiger partial charge is 0.187 e. The topological polar surface area (TPSA) is 84.2 Å². The molecule has 30 heavy (non-hydrogen) atoms. The third-order valence-corrected chi connectivity index (χ3v) is 5.40. The third kappa shape index (κ3) is 4.61. The van der Waals surface area contributed by atoms with Gasteiger partial charge in [0.25, 0.3) is 0 Å². The maximum atomic E-state index is 6.27. The summed E-state index contributed by atoms with van der Waals surface area (Å²) in [5.74, 6) is 0.0935. The zero-order valence-electron chi connectivity index (χ0n) is 17.6. The number of ether oxygens (including phenoxy) is 5. The summed E-state index contributed by atoms with van der Waals surface area (Å²) in [7, 11) is 1.65. The fourth-order valence-corrected chi connectivity index (χ4v) is 3.98. The first-order valence-corrected chi connectivity index (χ1v) is 10.3. The van der Waals surface area contributed by atoms with Crippen molar-refractivity contribution >= 4 is 5.69 Å². The summed E-state index contributed by atoms with van der Waals surface area (Å²) in [4.78, 5) is 0. The van der Waals surface area contributed by atoms with E-state index in [2.05, 4.69) is 5.32 Å². The Hall–Kier alpha value is -2.16. The van der Waals surface area contributed by atoms with Gasteiger partial charge in [-0.2, -0.15) is 0 Å². The molecule has 0 saturated carbocycles. The summed E-state index contributed by atoms with van der Waals surface area (Å²) in [6, 6.07) is 17.5. The SMILES string of the molecule is COc1ccc(N[C@H](CN)[C@H]2O[C@H](OCc3ccccc3)[C@H]3OC(C)(C)O[C@H]32)cc1. The molecule has 0 amide bonds. The van der Waals surface area contributed by atoms with Gasteiger partial charge in [-0.1, -0.05) is 30.3 Å². The number of nitrogens with two attached hydrogens (primary N) is 1. The molecule has 2 aliphatic heterocycles. The summed E-state index contributed by atoms with van der Waals surface area (Å²) in [5.41, 5.74) is 8.12. The van der Waals surface area contributed by atoms with Crippen LogP contribution in [0.5, 0.6) is 5.75 Å². The van der Waals surface area contributed by atoms with Crippen molar-refractivity contribution in [2.24, 2.45) is 5.73 Å². The standard InChI is InChI=1S/C23H30N2O5/c1-23(2)29-20-19(18(13-24)25-16-9-11-17(26-3)12-10-16)28-22(21(20)30-23)27-14-15-7-5-4-6-8-15/h4-12,18-22,25H,13-14,24H2,1-3H3/t18-,19-,20+,21+,22+/m1/s1. The quantitative estimate of drug-likeness (QED) is 0.687. The second-order valence-corrected chi connectivity index (χ2v) is 8.05. The van der Waals surface area contributed by atoms with Crippen molar-refractivity contribution in [2.75, 3.05) is 19.0 Å². The Kier molecular flexibility index (Phi) is 6.26. The van der Waals surface area contributed by atoms with Crippen molar-refractivity contribution in [3.8, 4) is 5.75 Å². The average Bonchev–Trinajstić information content (AvgIpc) is 3.24. The van der Waals surface area contributed by atoms with Crippen molar-refractivity contribution < 1.29 is 23.7 Å². The number of anilines is 1. The van der Waals surface area contributed by atoms with E-state index in [4.69, 9.17) is 29.4 Å². The van der Waals surface area contributed by atoms with Crippen LogP contribution < -0.4 is 15.8 Å². The lowest BCUT2D eigenvalue weighted by molar-refractivity contribution is -0.237. The van der Waals surface area contributed by atoms with Crippen LogP contribution in [-0.4, -0.2) is 50.1 Å². The van der Waals surface area contributed by atoms with E-state index in [-0.39, 0.29) is 24.4 Å². The third-order valence-electron chi connectivity index (χ3n) is 5.40. The fourth-order valence-electron chi connectivity index (χ4n) is 3.98. The molecule has 162 valence electrons. The van der Waals surface area contributed by atoms with E-state index in [9.17, 15) is 0 Å². The van der Waals surface area contributed by atoms with E-state index < -0.39 is 12.1 Å². The van der Waals surface area contributed by atoms with Crippen LogP contribution in [0.25, 0.3) is 0 Å². The van der Waals surface area contributed by atoms with E-state index in [0.29, 0.717) is 13.2 Å². The first-order chi connectivity index (χ1) is 14.5. The Morgan fingerprint density at radius 3 is 2.40 bits per heavy atom. The van der Waals surface area contributed by atoms with Crippen molar-refractivity contribution in [2.45, 2.75) is 56.9 Å². The highest BCUT2D eigenvalue weighted by Gasteiger charge is 2.57. The lowest BCUT2D eigenvalue weighted by Gasteiger charge is -2.29. The normalized spacial score (nSPS) is 28.1. The number of rotatable bonds is 8. The van der Waals surface area contributed by atoms with Gasteiger partial charge in [0.1, 0.15) is 24.1 Å². The van der Waals surface area contributed by atoms with Crippen LogP contribution in [0.15, 0.2) is 54.6 Å². The summed E-state index contributed by atoms with van der Waals surface area (Å²) in [6.45, 7) is 4.62. The van der Waals surface area contributed by atoms with Crippen molar-refractivity contribution in [3.05, 3.63) is 60.2 Å². The number of hydrogen-bond donors (Lipinski definition) is 2. The molecule has 2 aromatic carbocycles. The first-order valence-electron chi connectivity index (χ1n) is 10.3. The number of methoxy groups -OCH3 is 1. The summed E-state index contributed by atoms with van der Waals surface area (Å²) < 4.78 is 29.9. The monoisotopic (exact) mass is 414 g/mol. The van der Waals surface area contributed by atoms with Crippen LogP contribution in [0.4, 0.5) is 5.69 Å². The molecule has 2 aliphatic rings. The fraction of sp³-hybridized carbons (Fsp3) is 0.478. The van der Waals surface area contributed by atoms with Crippen molar-refractivity contribution in [3.63, 3.8) is 0 Å². The van der Waals surface area contributed by atoms with Crippen LogP contribution in [0.3, 0.4) is 0 Å². The second-order valence-electron chi connectivity index (χ2n) is 8.05. The first kappa shape index (κ1) is 21.1. The molecule has 2 fully saturated rings. The zero-order valence-corrected chi connectivity index (χ0v) is 17.6. The summed E-state index contributed by atoms with van der Waals surface area (Å²) >= 11 is 0. The Labute approximate surface area is 177 Å². The van der Waals surface area contributed by atoms with E-state index in [1.807, 2.05) is 68.4 Å². The van der Waals surface area contributed by atoms with Gasteiger partial charge >= 0.3 is 0 Å². The molecule has 0 spiro atoms.